The third-order valence-electron chi connectivity index (χ3n) is 10.4. The maximum absolute atomic E-state index is 6.70. The molecule has 0 radical (unpaired) electrons. The molecule has 0 N–H and O–H groups in total. The molecule has 0 spiro atoms. The number of hydrogen-bond donors (Lipinski definition) is 0. The van der Waals surface area contributed by atoms with Crippen LogP contribution in [0.3, 0.4) is 0 Å². The first-order valence-corrected chi connectivity index (χ1v) is 16.6. The fourth-order valence-corrected chi connectivity index (χ4v) is 8.49. The van der Waals surface area contributed by atoms with Gasteiger partial charge in [-0.2, -0.15) is 0 Å². The van der Waals surface area contributed by atoms with Gasteiger partial charge in [0.25, 0.3) is 0 Å². The molecule has 0 bridgehead atoms. The molecule has 1 heterocycles. The third kappa shape index (κ3) is 3.67. The van der Waals surface area contributed by atoms with E-state index in [9.17, 15) is 0 Å². The van der Waals surface area contributed by atoms with Crippen molar-refractivity contribution in [1.82, 2.24) is 0 Å². The van der Waals surface area contributed by atoms with Gasteiger partial charge in [0.2, 0.25) is 0 Å². The summed E-state index contributed by atoms with van der Waals surface area (Å²) in [7, 11) is 0. The summed E-state index contributed by atoms with van der Waals surface area (Å²) in [6, 6.07) is 66.2. The molecule has 0 amide bonds. The molecule has 224 valence electrons. The van der Waals surface area contributed by atoms with Crippen LogP contribution in [-0.4, -0.2) is 0 Å². The zero-order valence-corrected chi connectivity index (χ0v) is 26.2. The molecule has 0 saturated heterocycles. The molecule has 0 fully saturated rings. The number of para-hydroxylation sites is 1. The van der Waals surface area contributed by atoms with Gasteiger partial charge in [-0.05, 0) is 78.7 Å². The Bertz CT molecular complexity index is 2470. The Balaban J connectivity index is 1.37. The molecule has 1 nitrogen and oxygen atoms in total. The van der Waals surface area contributed by atoms with E-state index in [4.69, 9.17) is 4.74 Å². The minimum Gasteiger partial charge on any atom is -0.456 e. The Labute approximate surface area is 280 Å². The van der Waals surface area contributed by atoms with Crippen LogP contribution in [0, 0.1) is 0 Å². The van der Waals surface area contributed by atoms with Crippen molar-refractivity contribution < 1.29 is 4.74 Å². The molecule has 1 aliphatic heterocycles. The monoisotopic (exact) mass is 610 g/mol. The van der Waals surface area contributed by atoms with Crippen LogP contribution in [0.15, 0.2) is 182 Å². The smallest absolute Gasteiger partial charge is 0.136 e. The van der Waals surface area contributed by atoms with Gasteiger partial charge in [0.1, 0.15) is 11.5 Å². The van der Waals surface area contributed by atoms with E-state index in [0.717, 1.165) is 28.0 Å². The highest BCUT2D eigenvalue weighted by Crippen LogP contribution is 2.60. The molecule has 2 aliphatic rings. The third-order valence-corrected chi connectivity index (χ3v) is 10.4. The van der Waals surface area contributed by atoms with Crippen LogP contribution in [-0.2, 0) is 5.41 Å². The fraction of sp³-hybridized carbons (Fsp3) is 0.0213. The van der Waals surface area contributed by atoms with Crippen LogP contribution in [0.1, 0.15) is 22.3 Å². The summed E-state index contributed by atoms with van der Waals surface area (Å²) in [5, 5.41) is 2.35. The second-order valence-electron chi connectivity index (χ2n) is 12.7. The average Bonchev–Trinajstić information content (AvgIpc) is 3.47. The number of benzene rings is 8. The minimum absolute atomic E-state index is 0.467. The van der Waals surface area contributed by atoms with E-state index in [1.165, 1.54) is 61.0 Å². The second-order valence-corrected chi connectivity index (χ2v) is 12.7. The first kappa shape index (κ1) is 27.0. The van der Waals surface area contributed by atoms with Crippen molar-refractivity contribution in [3.8, 4) is 56.0 Å². The van der Waals surface area contributed by atoms with Gasteiger partial charge in [-0.1, -0.05) is 170 Å². The standard InChI is InChI=1S/C47H30O/c1-4-16-31(17-5-1)39-30-43-46-35(34-22-11-13-29-42(34)48-43)24-14-25-38(46)44(39)37-26-15-28-41-45(37)36-23-10-12-27-40(36)47(41,32-18-6-2-7-19-32)33-20-8-3-9-21-33/h1-30H. The van der Waals surface area contributed by atoms with Crippen molar-refractivity contribution in [2.75, 3.05) is 0 Å². The average molecular weight is 611 g/mol. The molecule has 48 heavy (non-hydrogen) atoms. The van der Waals surface area contributed by atoms with Gasteiger partial charge in [-0.25, -0.2) is 0 Å². The lowest BCUT2D eigenvalue weighted by Crippen LogP contribution is -2.28. The molecule has 10 rings (SSSR count). The van der Waals surface area contributed by atoms with Crippen molar-refractivity contribution in [3.05, 3.63) is 204 Å². The van der Waals surface area contributed by atoms with Gasteiger partial charge >= 0.3 is 0 Å². The van der Waals surface area contributed by atoms with Crippen LogP contribution in [0.5, 0.6) is 11.5 Å². The summed E-state index contributed by atoms with van der Waals surface area (Å²) in [4.78, 5) is 0. The molecule has 8 aromatic rings. The molecule has 8 aromatic carbocycles. The molecule has 1 heteroatoms. The Morgan fingerprint density at radius 3 is 1.67 bits per heavy atom. The van der Waals surface area contributed by atoms with E-state index >= 15 is 0 Å². The largest absolute Gasteiger partial charge is 0.456 e. The van der Waals surface area contributed by atoms with Crippen LogP contribution in [0.2, 0.25) is 0 Å². The summed E-state index contributed by atoms with van der Waals surface area (Å²) in [5.74, 6) is 1.80. The highest BCUT2D eigenvalue weighted by molar-refractivity contribution is 6.16. The van der Waals surface area contributed by atoms with Crippen molar-refractivity contribution >= 4 is 10.8 Å². The minimum atomic E-state index is -0.467. The Kier molecular flexibility index (Phi) is 5.86. The topological polar surface area (TPSA) is 9.23 Å². The van der Waals surface area contributed by atoms with Crippen molar-refractivity contribution in [3.63, 3.8) is 0 Å². The lowest BCUT2D eigenvalue weighted by atomic mass is 9.67. The SMILES string of the molecule is c1ccc(-c2cc3c4c(cccc4c2-c2cccc4c2-c2ccccc2C4(c2ccccc2)c2ccccc2)-c2ccccc2O3)cc1. The van der Waals surface area contributed by atoms with Crippen LogP contribution < -0.4 is 4.74 Å². The lowest BCUT2D eigenvalue weighted by Gasteiger charge is -2.34. The van der Waals surface area contributed by atoms with E-state index in [1.54, 1.807) is 0 Å². The molecule has 0 saturated carbocycles. The number of rotatable bonds is 4. The van der Waals surface area contributed by atoms with E-state index in [1.807, 2.05) is 6.07 Å². The number of ether oxygens (including phenoxy) is 1. The molecular formula is C47H30O. The molecule has 0 atom stereocenters. The molecule has 1 aliphatic carbocycles. The molecule has 0 unspecified atom stereocenters. The van der Waals surface area contributed by atoms with Crippen molar-refractivity contribution in [2.24, 2.45) is 0 Å². The Morgan fingerprint density at radius 2 is 0.917 bits per heavy atom. The summed E-state index contributed by atoms with van der Waals surface area (Å²) < 4.78 is 6.70. The van der Waals surface area contributed by atoms with Crippen LogP contribution >= 0.6 is 0 Å². The van der Waals surface area contributed by atoms with Gasteiger partial charge < -0.3 is 4.74 Å². The van der Waals surface area contributed by atoms with Gasteiger partial charge in [0.05, 0.1) is 5.41 Å². The highest BCUT2D eigenvalue weighted by Gasteiger charge is 2.47. The normalized spacial score (nSPS) is 13.3. The van der Waals surface area contributed by atoms with E-state index in [2.05, 4.69) is 176 Å². The van der Waals surface area contributed by atoms with E-state index < -0.39 is 5.41 Å². The fourth-order valence-electron chi connectivity index (χ4n) is 8.49. The first-order chi connectivity index (χ1) is 23.8. The number of fused-ring (bicyclic) bond motifs is 5. The van der Waals surface area contributed by atoms with Crippen molar-refractivity contribution in [1.29, 1.82) is 0 Å². The predicted molar refractivity (Wildman–Crippen MR) is 198 cm³/mol. The van der Waals surface area contributed by atoms with Crippen LogP contribution in [0.4, 0.5) is 0 Å². The summed E-state index contributed by atoms with van der Waals surface area (Å²) in [6.45, 7) is 0. The highest BCUT2D eigenvalue weighted by atomic mass is 16.5. The summed E-state index contributed by atoms with van der Waals surface area (Å²) >= 11 is 0. The summed E-state index contributed by atoms with van der Waals surface area (Å²) in [5.41, 5.74) is 14.4. The van der Waals surface area contributed by atoms with Gasteiger partial charge in [0.15, 0.2) is 0 Å². The zero-order chi connectivity index (χ0) is 31.7. The Hall–Kier alpha value is -6.18. The Morgan fingerprint density at radius 1 is 0.354 bits per heavy atom. The molecular weight excluding hydrogens is 581 g/mol. The first-order valence-electron chi connectivity index (χ1n) is 16.6. The van der Waals surface area contributed by atoms with Crippen molar-refractivity contribution in [2.45, 2.75) is 5.41 Å². The maximum Gasteiger partial charge on any atom is 0.136 e. The summed E-state index contributed by atoms with van der Waals surface area (Å²) in [6.07, 6.45) is 0. The van der Waals surface area contributed by atoms with Gasteiger partial charge in [0, 0.05) is 10.9 Å². The van der Waals surface area contributed by atoms with E-state index in [-0.39, 0.29) is 0 Å². The quantitative estimate of drug-likeness (QED) is 0.193. The number of hydrogen-bond acceptors (Lipinski definition) is 1. The van der Waals surface area contributed by atoms with Gasteiger partial charge in [-0.3, -0.25) is 0 Å². The maximum atomic E-state index is 6.70. The predicted octanol–water partition coefficient (Wildman–Crippen LogP) is 12.3. The lowest BCUT2D eigenvalue weighted by molar-refractivity contribution is 0.487. The second kappa shape index (κ2) is 10.4. The van der Waals surface area contributed by atoms with E-state index in [0.29, 0.717) is 0 Å². The van der Waals surface area contributed by atoms with Gasteiger partial charge in [-0.15, -0.1) is 0 Å². The molecule has 0 aromatic heterocycles. The van der Waals surface area contributed by atoms with Crippen LogP contribution in [0.25, 0.3) is 55.3 Å². The zero-order valence-electron chi connectivity index (χ0n) is 26.2.